The number of hydrogen-bond acceptors (Lipinski definition) is 4. The summed E-state index contributed by atoms with van der Waals surface area (Å²) < 4.78 is 13.7. The van der Waals surface area contributed by atoms with Crippen LogP contribution in [-0.4, -0.2) is 23.0 Å². The van der Waals surface area contributed by atoms with E-state index < -0.39 is 23.7 Å². The van der Waals surface area contributed by atoms with Gasteiger partial charge in [0.15, 0.2) is 0 Å². The van der Waals surface area contributed by atoms with E-state index in [0.29, 0.717) is 5.56 Å². The van der Waals surface area contributed by atoms with Gasteiger partial charge < -0.3 is 15.7 Å². The number of carbonyl (C=O) groups excluding carboxylic acids is 3. The number of imide groups is 1. The Morgan fingerprint density at radius 2 is 1.41 bits per heavy atom. The molecule has 4 aromatic carbocycles. The number of aromatic hydroxyl groups is 1. The van der Waals surface area contributed by atoms with Crippen molar-refractivity contribution in [1.82, 2.24) is 5.32 Å². The molecule has 0 bridgehead atoms. The molecule has 4 aromatic rings. The maximum absolute atomic E-state index is 13.7. The van der Waals surface area contributed by atoms with Gasteiger partial charge in [0.1, 0.15) is 11.6 Å². The van der Waals surface area contributed by atoms with Crippen LogP contribution in [0.4, 0.5) is 20.6 Å². The number of anilines is 2. The first-order chi connectivity index (χ1) is 16.3. The molecule has 0 unspecified atom stereocenters. The molecule has 4 amide bonds. The number of benzene rings is 4. The first kappa shape index (κ1) is 22.5. The Morgan fingerprint density at radius 1 is 0.765 bits per heavy atom. The minimum atomic E-state index is -0.931. The Balaban J connectivity index is 1.55. The van der Waals surface area contributed by atoms with Gasteiger partial charge >= 0.3 is 6.03 Å². The molecule has 4 rings (SSSR count). The van der Waals surface area contributed by atoms with Gasteiger partial charge in [-0.05, 0) is 53.6 Å². The fourth-order valence-electron chi connectivity index (χ4n) is 3.56. The number of phenols is 1. The van der Waals surface area contributed by atoms with Crippen LogP contribution in [0.3, 0.4) is 0 Å². The number of carbonyl (C=O) groups is 3. The van der Waals surface area contributed by atoms with E-state index in [1.54, 1.807) is 25.1 Å². The van der Waals surface area contributed by atoms with Crippen LogP contribution in [0.1, 0.15) is 26.3 Å². The fraction of sp³-hybridized carbons (Fsp3) is 0.0385. The highest BCUT2D eigenvalue weighted by molar-refractivity contribution is 6.14. The zero-order chi connectivity index (χ0) is 24.2. The molecular formula is C26H20FN3O4. The number of fused-ring (bicyclic) bond motifs is 1. The molecule has 0 aliphatic rings. The summed E-state index contributed by atoms with van der Waals surface area (Å²) in [6, 6.07) is 19.6. The zero-order valence-corrected chi connectivity index (χ0v) is 18.1. The Hall–Kier alpha value is -4.72. The number of halogens is 1. The molecule has 34 heavy (non-hydrogen) atoms. The summed E-state index contributed by atoms with van der Waals surface area (Å²) >= 11 is 0. The van der Waals surface area contributed by atoms with E-state index in [2.05, 4.69) is 16.0 Å². The molecule has 0 radical (unpaired) electrons. The van der Waals surface area contributed by atoms with E-state index in [1.165, 1.54) is 36.4 Å². The minimum Gasteiger partial charge on any atom is -0.507 e. The van der Waals surface area contributed by atoms with Crippen molar-refractivity contribution in [3.05, 3.63) is 101 Å². The second-order valence-corrected chi connectivity index (χ2v) is 7.51. The number of hydrogen-bond donors (Lipinski definition) is 4. The molecule has 7 nitrogen and oxygen atoms in total. The van der Waals surface area contributed by atoms with Gasteiger partial charge in [-0.1, -0.05) is 48.5 Å². The van der Waals surface area contributed by atoms with Crippen molar-refractivity contribution in [2.75, 3.05) is 10.6 Å². The summed E-state index contributed by atoms with van der Waals surface area (Å²) in [6.07, 6.45) is 0. The van der Waals surface area contributed by atoms with Gasteiger partial charge in [0, 0.05) is 0 Å². The number of rotatable bonds is 4. The monoisotopic (exact) mass is 457 g/mol. The lowest BCUT2D eigenvalue weighted by Gasteiger charge is -2.14. The molecule has 0 saturated carbocycles. The van der Waals surface area contributed by atoms with E-state index in [-0.39, 0.29) is 28.3 Å². The topological polar surface area (TPSA) is 108 Å². The highest BCUT2D eigenvalue weighted by atomic mass is 19.1. The number of amides is 4. The largest absolute Gasteiger partial charge is 0.507 e. The third-order valence-corrected chi connectivity index (χ3v) is 5.29. The molecule has 0 saturated heterocycles. The van der Waals surface area contributed by atoms with Gasteiger partial charge in [-0.3, -0.25) is 14.9 Å². The Bertz CT molecular complexity index is 1440. The molecular weight excluding hydrogens is 437 g/mol. The smallest absolute Gasteiger partial charge is 0.326 e. The number of phenolic OH excluding ortho intramolecular Hbond substituents is 1. The molecule has 0 aliphatic carbocycles. The third kappa shape index (κ3) is 4.56. The van der Waals surface area contributed by atoms with Gasteiger partial charge in [-0.25, -0.2) is 9.18 Å². The van der Waals surface area contributed by atoms with Crippen LogP contribution in [0.15, 0.2) is 78.9 Å². The van der Waals surface area contributed by atoms with E-state index in [4.69, 9.17) is 0 Å². The van der Waals surface area contributed by atoms with Crippen molar-refractivity contribution in [3.8, 4) is 5.75 Å². The zero-order valence-electron chi connectivity index (χ0n) is 18.1. The summed E-state index contributed by atoms with van der Waals surface area (Å²) in [5.41, 5.74) is 0.657. The Morgan fingerprint density at radius 3 is 2.18 bits per heavy atom. The lowest BCUT2D eigenvalue weighted by atomic mass is 9.99. The maximum atomic E-state index is 13.7. The second-order valence-electron chi connectivity index (χ2n) is 7.51. The molecule has 0 spiro atoms. The molecule has 0 aromatic heterocycles. The highest BCUT2D eigenvalue weighted by Crippen LogP contribution is 2.31. The molecule has 0 fully saturated rings. The third-order valence-electron chi connectivity index (χ3n) is 5.29. The summed E-state index contributed by atoms with van der Waals surface area (Å²) in [6.45, 7) is 1.71. The quantitative estimate of drug-likeness (QED) is 0.338. The highest BCUT2D eigenvalue weighted by Gasteiger charge is 2.20. The molecule has 8 heteroatoms. The summed E-state index contributed by atoms with van der Waals surface area (Å²) in [5, 5.41) is 19.2. The normalized spacial score (nSPS) is 10.5. The van der Waals surface area contributed by atoms with Crippen LogP contribution in [-0.2, 0) is 0 Å². The van der Waals surface area contributed by atoms with E-state index in [1.807, 2.05) is 24.3 Å². The Labute approximate surface area is 194 Å². The lowest BCUT2D eigenvalue weighted by Crippen LogP contribution is -2.35. The fourth-order valence-corrected chi connectivity index (χ4v) is 3.56. The number of nitrogens with one attached hydrogen (secondary N) is 3. The molecule has 4 N–H and O–H groups in total. The van der Waals surface area contributed by atoms with Gasteiger partial charge in [0.2, 0.25) is 0 Å². The van der Waals surface area contributed by atoms with Crippen molar-refractivity contribution >= 4 is 40.0 Å². The molecule has 0 atom stereocenters. The van der Waals surface area contributed by atoms with Crippen molar-refractivity contribution < 1.29 is 23.9 Å². The predicted molar refractivity (Wildman–Crippen MR) is 128 cm³/mol. The average molecular weight is 457 g/mol. The molecule has 170 valence electrons. The van der Waals surface area contributed by atoms with E-state index in [0.717, 1.165) is 10.8 Å². The van der Waals surface area contributed by atoms with Crippen molar-refractivity contribution in [3.63, 3.8) is 0 Å². The number of para-hydroxylation sites is 2. The van der Waals surface area contributed by atoms with Crippen LogP contribution in [0.25, 0.3) is 10.8 Å². The second kappa shape index (κ2) is 9.41. The summed E-state index contributed by atoms with van der Waals surface area (Å²) in [7, 11) is 0. The van der Waals surface area contributed by atoms with Crippen LogP contribution >= 0.6 is 0 Å². The van der Waals surface area contributed by atoms with Crippen molar-refractivity contribution in [2.45, 2.75) is 6.92 Å². The average Bonchev–Trinajstić information content (AvgIpc) is 2.83. The van der Waals surface area contributed by atoms with Crippen molar-refractivity contribution in [2.24, 2.45) is 0 Å². The molecule has 0 aliphatic heterocycles. The van der Waals surface area contributed by atoms with Crippen LogP contribution < -0.4 is 16.0 Å². The van der Waals surface area contributed by atoms with E-state index >= 15 is 0 Å². The van der Waals surface area contributed by atoms with Gasteiger partial charge in [0.25, 0.3) is 11.8 Å². The standard InChI is InChI=1S/C26H20FN3O4/c1-15-17-9-3-2-8-16(17)14-19(23(15)31)25(33)28-21-12-6-4-10-18(21)24(32)30-26(34)29-22-13-7-5-11-20(22)27/h2-14,31H,1H3,(H,28,33)(H2,29,30,32,34). The van der Waals surface area contributed by atoms with Gasteiger partial charge in [-0.15, -0.1) is 0 Å². The van der Waals surface area contributed by atoms with Crippen LogP contribution in [0, 0.1) is 12.7 Å². The maximum Gasteiger partial charge on any atom is 0.326 e. The van der Waals surface area contributed by atoms with E-state index in [9.17, 15) is 23.9 Å². The molecule has 0 heterocycles. The minimum absolute atomic E-state index is 0.0107. The number of aryl methyl sites for hydroxylation is 1. The Kier molecular flexibility index (Phi) is 6.22. The number of urea groups is 1. The van der Waals surface area contributed by atoms with Crippen LogP contribution in [0.5, 0.6) is 5.75 Å². The van der Waals surface area contributed by atoms with Gasteiger partial charge in [-0.2, -0.15) is 0 Å². The first-order valence-corrected chi connectivity index (χ1v) is 10.3. The van der Waals surface area contributed by atoms with Crippen LogP contribution in [0.2, 0.25) is 0 Å². The van der Waals surface area contributed by atoms with Crippen molar-refractivity contribution in [1.29, 1.82) is 0 Å². The predicted octanol–water partition coefficient (Wildman–Crippen LogP) is 5.21. The lowest BCUT2D eigenvalue weighted by molar-refractivity contribution is 0.0968. The SMILES string of the molecule is Cc1c(O)c(C(=O)Nc2ccccc2C(=O)NC(=O)Nc2ccccc2F)cc2ccccc12. The first-order valence-electron chi connectivity index (χ1n) is 10.3. The summed E-state index contributed by atoms with van der Waals surface area (Å²) in [4.78, 5) is 37.9. The summed E-state index contributed by atoms with van der Waals surface area (Å²) in [5.74, 6) is -2.24. The van der Waals surface area contributed by atoms with Gasteiger partial charge in [0.05, 0.1) is 22.5 Å².